The zero-order chi connectivity index (χ0) is 27.0. The molecule has 38 heavy (non-hydrogen) atoms. The molecule has 4 heteroatoms. The zero-order valence-corrected chi connectivity index (χ0v) is 20.7. The first-order valence-electron chi connectivity index (χ1n) is 11.9. The van der Waals surface area contributed by atoms with Crippen LogP contribution in [0.4, 0.5) is 0 Å². The molecule has 0 spiro atoms. The van der Waals surface area contributed by atoms with E-state index < -0.39 is 0 Å². The second kappa shape index (κ2) is 14.9. The van der Waals surface area contributed by atoms with Crippen LogP contribution in [0.5, 0.6) is 0 Å². The normalized spacial score (nSPS) is 9.26. The Labute approximate surface area is 221 Å². The van der Waals surface area contributed by atoms with Gasteiger partial charge in [-0.15, -0.1) is 0 Å². The molecule has 0 atom stereocenters. The van der Waals surface area contributed by atoms with Crippen molar-refractivity contribution in [2.45, 2.75) is 0 Å². The fourth-order valence-corrected chi connectivity index (χ4v) is 4.35. The molecule has 0 aliphatic carbocycles. The fraction of sp³-hybridized carbons (Fsp3) is 0. The van der Waals surface area contributed by atoms with Crippen molar-refractivity contribution in [2.24, 2.45) is 0 Å². The molecule has 0 radical (unpaired) electrons. The number of isocyanates is 2. The topological polar surface area (TPSA) is 81.8 Å². The molecule has 0 saturated heterocycles. The van der Waals surface area contributed by atoms with E-state index in [2.05, 4.69) is 72.8 Å². The molecule has 0 aliphatic heterocycles. The maximum absolute atomic E-state index is 8.35. The Balaban J connectivity index is 0.000000182. The molecule has 0 heterocycles. The van der Waals surface area contributed by atoms with Gasteiger partial charge in [-0.25, -0.2) is 20.4 Å². The zero-order valence-electron chi connectivity index (χ0n) is 20.7. The maximum atomic E-state index is 8.35. The maximum Gasteiger partial charge on any atom is 0.231 e. The molecule has 0 amide bonds. The van der Waals surface area contributed by atoms with Crippen LogP contribution in [0.3, 0.4) is 0 Å². The fourth-order valence-electron chi connectivity index (χ4n) is 4.35. The Morgan fingerprint density at radius 1 is 0.342 bits per heavy atom. The van der Waals surface area contributed by atoms with E-state index in [4.69, 9.17) is 20.4 Å². The number of benzene rings is 7. The number of hydrogen-bond acceptors (Lipinski definition) is 4. The number of carbonyl (C=O) groups excluding carboxylic acids is 2. The molecule has 7 aromatic carbocycles. The van der Waals surface area contributed by atoms with Crippen LogP contribution in [-0.2, 0) is 9.59 Å². The van der Waals surface area contributed by atoms with Crippen molar-refractivity contribution in [3.05, 3.63) is 146 Å². The molecule has 7 aromatic rings. The Morgan fingerprint density at radius 2 is 0.526 bits per heavy atom. The predicted octanol–water partition coefficient (Wildman–Crippen LogP) is 8.91. The summed E-state index contributed by atoms with van der Waals surface area (Å²) in [4.78, 5) is 16.7. The number of nitrogens with one attached hydrogen (secondary N) is 2. The molecule has 0 aromatic heterocycles. The van der Waals surface area contributed by atoms with Gasteiger partial charge < -0.3 is 0 Å². The highest BCUT2D eigenvalue weighted by Crippen LogP contribution is 2.39. The van der Waals surface area contributed by atoms with Gasteiger partial charge in [-0.1, -0.05) is 146 Å². The highest BCUT2D eigenvalue weighted by molar-refractivity contribution is 6.32. The Bertz CT molecular complexity index is 1490. The van der Waals surface area contributed by atoms with E-state index in [0.29, 0.717) is 0 Å². The summed E-state index contributed by atoms with van der Waals surface area (Å²) in [5.74, 6) is 0. The second-order valence-electron chi connectivity index (χ2n) is 7.93. The first-order chi connectivity index (χ1) is 18.8. The molecular formula is C34H26N2O2. The molecule has 184 valence electrons. The standard InChI is InChI=1S/C20H12.2C6H6.2CHNO/c1-5-13-6-2-11-17-18-12-4-8-14-7-3-10-16(20(14)18)15(9-1)19(13)17;2*1-2-4-6-5-3-1;2*2-1-3/h1-12H;2*1-6H;2*2H. The monoisotopic (exact) mass is 494 g/mol. The van der Waals surface area contributed by atoms with Gasteiger partial charge in [0, 0.05) is 0 Å². The minimum absolute atomic E-state index is 0.750. The lowest BCUT2D eigenvalue weighted by Gasteiger charge is -2.13. The summed E-state index contributed by atoms with van der Waals surface area (Å²) in [6.45, 7) is 0. The third kappa shape index (κ3) is 6.84. The van der Waals surface area contributed by atoms with Crippen LogP contribution in [0, 0.1) is 10.8 Å². The lowest BCUT2D eigenvalue weighted by Crippen LogP contribution is -1.85. The van der Waals surface area contributed by atoms with Gasteiger partial charge in [0.25, 0.3) is 0 Å². The van der Waals surface area contributed by atoms with Crippen LogP contribution in [0.15, 0.2) is 146 Å². The molecule has 2 N–H and O–H groups in total. The van der Waals surface area contributed by atoms with Crippen LogP contribution >= 0.6 is 0 Å². The number of hydrogen-bond donors (Lipinski definition) is 2. The van der Waals surface area contributed by atoms with Crippen molar-refractivity contribution in [2.75, 3.05) is 0 Å². The van der Waals surface area contributed by atoms with Gasteiger partial charge in [-0.3, -0.25) is 0 Å². The molecule has 0 saturated carbocycles. The molecule has 4 nitrogen and oxygen atoms in total. The largest absolute Gasteiger partial charge is 0.231 e. The van der Waals surface area contributed by atoms with Crippen LogP contribution in [0.1, 0.15) is 0 Å². The van der Waals surface area contributed by atoms with Gasteiger partial charge in [0.15, 0.2) is 0 Å². The summed E-state index contributed by atoms with van der Waals surface area (Å²) < 4.78 is 0. The average molecular weight is 495 g/mol. The van der Waals surface area contributed by atoms with Crippen molar-refractivity contribution in [3.8, 4) is 0 Å². The van der Waals surface area contributed by atoms with Crippen LogP contribution in [0.25, 0.3) is 43.1 Å². The Kier molecular flexibility index (Phi) is 10.6. The van der Waals surface area contributed by atoms with Crippen LogP contribution in [-0.4, -0.2) is 12.2 Å². The molecule has 7 rings (SSSR count). The van der Waals surface area contributed by atoms with Crippen molar-refractivity contribution in [3.63, 3.8) is 0 Å². The van der Waals surface area contributed by atoms with Crippen molar-refractivity contribution in [1.29, 1.82) is 10.8 Å². The van der Waals surface area contributed by atoms with Gasteiger partial charge in [-0.2, -0.15) is 0 Å². The van der Waals surface area contributed by atoms with E-state index in [1.807, 2.05) is 72.8 Å². The quantitative estimate of drug-likeness (QED) is 0.0955. The number of rotatable bonds is 0. The second-order valence-corrected chi connectivity index (χ2v) is 7.93. The lowest BCUT2D eigenvalue weighted by atomic mass is 9.90. The Morgan fingerprint density at radius 3 is 0.711 bits per heavy atom. The van der Waals surface area contributed by atoms with Gasteiger partial charge in [0.05, 0.1) is 0 Å². The van der Waals surface area contributed by atoms with E-state index >= 15 is 0 Å². The van der Waals surface area contributed by atoms with Gasteiger partial charge in [0.2, 0.25) is 12.2 Å². The molecular weight excluding hydrogens is 468 g/mol. The van der Waals surface area contributed by atoms with Crippen molar-refractivity contribution < 1.29 is 9.59 Å². The van der Waals surface area contributed by atoms with Gasteiger partial charge in [0.1, 0.15) is 0 Å². The molecule has 0 fully saturated rings. The first kappa shape index (κ1) is 27.2. The highest BCUT2D eigenvalue weighted by Gasteiger charge is 2.11. The molecule has 0 bridgehead atoms. The minimum Gasteiger partial charge on any atom is -0.222 e. The molecule has 0 aliphatic rings. The van der Waals surface area contributed by atoms with E-state index in [0.717, 1.165) is 12.2 Å². The summed E-state index contributed by atoms with van der Waals surface area (Å²) >= 11 is 0. The van der Waals surface area contributed by atoms with Crippen molar-refractivity contribution >= 4 is 55.2 Å². The summed E-state index contributed by atoms with van der Waals surface area (Å²) in [7, 11) is 0. The average Bonchev–Trinajstić information content (AvgIpc) is 2.99. The smallest absolute Gasteiger partial charge is 0.222 e. The third-order valence-electron chi connectivity index (χ3n) is 5.72. The highest BCUT2D eigenvalue weighted by atomic mass is 16.1. The predicted molar refractivity (Wildman–Crippen MR) is 157 cm³/mol. The first-order valence-corrected chi connectivity index (χ1v) is 11.9. The Hall–Kier alpha value is -5.40. The lowest BCUT2D eigenvalue weighted by molar-refractivity contribution is 0.562. The van der Waals surface area contributed by atoms with Crippen LogP contribution in [0.2, 0.25) is 0 Å². The minimum atomic E-state index is 0.750. The third-order valence-corrected chi connectivity index (χ3v) is 5.72. The summed E-state index contributed by atoms with van der Waals surface area (Å²) in [6, 6.07) is 50.4. The van der Waals surface area contributed by atoms with Crippen LogP contribution < -0.4 is 0 Å². The molecule has 0 unspecified atom stereocenters. The summed E-state index contributed by atoms with van der Waals surface area (Å²) in [5, 5.41) is 21.7. The number of fused-ring (bicyclic) bond motifs is 2. The van der Waals surface area contributed by atoms with E-state index in [9.17, 15) is 0 Å². The summed E-state index contributed by atoms with van der Waals surface area (Å²) in [5.41, 5.74) is 0. The van der Waals surface area contributed by atoms with E-state index in [-0.39, 0.29) is 0 Å². The van der Waals surface area contributed by atoms with Crippen molar-refractivity contribution in [1.82, 2.24) is 0 Å². The van der Waals surface area contributed by atoms with Gasteiger partial charge in [-0.05, 0) is 43.1 Å². The van der Waals surface area contributed by atoms with Gasteiger partial charge >= 0.3 is 0 Å². The SMILES string of the molecule is N=C=O.N=C=O.c1cc2cccc3c4cccc5cccc(c(c1)c23)c54.c1ccccc1.c1ccccc1. The van der Waals surface area contributed by atoms with E-state index in [1.165, 1.54) is 43.1 Å². The van der Waals surface area contributed by atoms with E-state index in [1.54, 1.807) is 0 Å². The summed E-state index contributed by atoms with van der Waals surface area (Å²) in [6.07, 6.45) is 1.50.